The lowest BCUT2D eigenvalue weighted by Gasteiger charge is -2.36. The Kier molecular flexibility index (Phi) is 8.65. The van der Waals surface area contributed by atoms with Gasteiger partial charge in [-0.1, -0.05) is 48.2 Å². The summed E-state index contributed by atoms with van der Waals surface area (Å²) in [6.07, 6.45) is -0.871. The van der Waals surface area contributed by atoms with Gasteiger partial charge in [0.15, 0.2) is 6.29 Å². The van der Waals surface area contributed by atoms with Crippen molar-refractivity contribution >= 4 is 29.3 Å². The summed E-state index contributed by atoms with van der Waals surface area (Å²) < 4.78 is 14.2. The number of rotatable bonds is 10. The number of benzene rings is 2. The molecule has 12 heteroatoms. The second-order valence-electron chi connectivity index (χ2n) is 8.31. The zero-order valence-electron chi connectivity index (χ0n) is 19.6. The molecule has 0 bridgehead atoms. The number of anilines is 1. The van der Waals surface area contributed by atoms with Gasteiger partial charge in [-0.15, -0.1) is 5.10 Å². The molecule has 1 saturated heterocycles. The topological polar surface area (TPSA) is 149 Å². The standard InChI is InChI=1S/C24H27N5O6S/c1-29-24(26-27-28-29)36-14-19-12-20(16-7-5-15(13-30)6-8-16)35-23(34-19)17-3-2-4-18(11-17)25-21(31)9-10-22(32)33/h2-8,11,19-20,23,30H,9-10,12-14H2,1H3,(H,25,31)(H,32,33)/t19-,20+,23+/m1/s1. The number of hydrogen-bond acceptors (Lipinski definition) is 9. The molecule has 190 valence electrons. The molecule has 3 atom stereocenters. The molecule has 0 radical (unpaired) electrons. The first-order valence-corrected chi connectivity index (χ1v) is 12.4. The fraction of sp³-hybridized carbons (Fsp3) is 0.375. The van der Waals surface area contributed by atoms with Gasteiger partial charge in [0.05, 0.1) is 25.2 Å². The quantitative estimate of drug-likeness (QED) is 0.346. The minimum Gasteiger partial charge on any atom is -0.481 e. The lowest BCUT2D eigenvalue weighted by atomic mass is 10.0. The zero-order chi connectivity index (χ0) is 25.5. The molecule has 3 N–H and O–H groups in total. The molecule has 0 unspecified atom stereocenters. The molecule has 0 spiro atoms. The van der Waals surface area contributed by atoms with E-state index in [0.29, 0.717) is 23.0 Å². The molecule has 4 rings (SSSR count). The third-order valence-electron chi connectivity index (χ3n) is 5.60. The number of aliphatic carboxylic acids is 1. The Labute approximate surface area is 211 Å². The van der Waals surface area contributed by atoms with E-state index < -0.39 is 12.3 Å². The molecule has 1 aliphatic heterocycles. The predicted octanol–water partition coefficient (Wildman–Crippen LogP) is 2.84. The van der Waals surface area contributed by atoms with Crippen LogP contribution in [-0.4, -0.2) is 54.2 Å². The lowest BCUT2D eigenvalue weighted by molar-refractivity contribution is -0.245. The number of thioether (sulfide) groups is 1. The van der Waals surface area contributed by atoms with Crippen LogP contribution in [0.2, 0.25) is 0 Å². The summed E-state index contributed by atoms with van der Waals surface area (Å²) in [6.45, 7) is -0.0342. The van der Waals surface area contributed by atoms with E-state index in [2.05, 4.69) is 20.8 Å². The number of tetrazole rings is 1. The molecule has 11 nitrogen and oxygen atoms in total. The van der Waals surface area contributed by atoms with Crippen LogP contribution in [0.25, 0.3) is 0 Å². The van der Waals surface area contributed by atoms with E-state index in [-0.39, 0.29) is 37.6 Å². The number of aryl methyl sites for hydroxylation is 1. The zero-order valence-corrected chi connectivity index (χ0v) is 20.4. The highest BCUT2D eigenvalue weighted by Crippen LogP contribution is 2.39. The van der Waals surface area contributed by atoms with Crippen LogP contribution in [0, 0.1) is 0 Å². The second kappa shape index (κ2) is 12.1. The third kappa shape index (κ3) is 6.88. The molecule has 2 heterocycles. The number of nitrogens with one attached hydrogen (secondary N) is 1. The molecular weight excluding hydrogens is 486 g/mol. The number of amides is 1. The predicted molar refractivity (Wildman–Crippen MR) is 130 cm³/mol. The van der Waals surface area contributed by atoms with Crippen LogP contribution >= 0.6 is 11.8 Å². The van der Waals surface area contributed by atoms with Gasteiger partial charge < -0.3 is 25.0 Å². The molecule has 0 saturated carbocycles. The van der Waals surface area contributed by atoms with Crippen molar-refractivity contribution in [1.29, 1.82) is 0 Å². The molecule has 1 aromatic heterocycles. The summed E-state index contributed by atoms with van der Waals surface area (Å²) in [7, 11) is 1.78. The number of hydrogen-bond donors (Lipinski definition) is 3. The van der Waals surface area contributed by atoms with Crippen LogP contribution in [0.1, 0.15) is 48.3 Å². The van der Waals surface area contributed by atoms with E-state index in [9.17, 15) is 14.7 Å². The Bertz CT molecular complexity index is 1190. The number of aromatic nitrogens is 4. The van der Waals surface area contributed by atoms with E-state index in [1.54, 1.807) is 29.9 Å². The first kappa shape index (κ1) is 25.8. The largest absolute Gasteiger partial charge is 0.481 e. The highest BCUT2D eigenvalue weighted by molar-refractivity contribution is 7.99. The molecule has 36 heavy (non-hydrogen) atoms. The normalized spacial score (nSPS) is 19.7. The highest BCUT2D eigenvalue weighted by atomic mass is 32.2. The third-order valence-corrected chi connectivity index (χ3v) is 6.75. The number of carbonyl (C=O) groups is 2. The minimum absolute atomic E-state index is 0.0342. The van der Waals surface area contributed by atoms with Gasteiger partial charge in [0.1, 0.15) is 0 Å². The second-order valence-corrected chi connectivity index (χ2v) is 9.30. The summed E-state index contributed by atoms with van der Waals surface area (Å²) in [5.41, 5.74) is 3.03. The van der Waals surface area contributed by atoms with E-state index in [0.717, 1.165) is 16.7 Å². The smallest absolute Gasteiger partial charge is 0.303 e. The average molecular weight is 514 g/mol. The molecular formula is C24H27N5O6S. The van der Waals surface area contributed by atoms with Gasteiger partial charge >= 0.3 is 5.97 Å². The molecule has 1 aliphatic rings. The maximum atomic E-state index is 12.1. The summed E-state index contributed by atoms with van der Waals surface area (Å²) in [5, 5.41) is 33.1. The summed E-state index contributed by atoms with van der Waals surface area (Å²) in [4.78, 5) is 22.8. The van der Waals surface area contributed by atoms with Crippen molar-refractivity contribution in [2.24, 2.45) is 7.05 Å². The fourth-order valence-corrected chi connectivity index (χ4v) is 4.61. The number of carboxylic acids is 1. The van der Waals surface area contributed by atoms with Gasteiger partial charge in [-0.25, -0.2) is 4.68 Å². The fourth-order valence-electron chi connectivity index (χ4n) is 3.74. The SMILES string of the molecule is Cn1nnnc1SC[C@H]1C[C@@H](c2ccc(CO)cc2)O[C@@H](c2cccc(NC(=O)CCC(=O)O)c2)O1. The van der Waals surface area contributed by atoms with Crippen molar-refractivity contribution in [3.63, 3.8) is 0 Å². The van der Waals surface area contributed by atoms with Gasteiger partial charge in [-0.2, -0.15) is 0 Å². The maximum Gasteiger partial charge on any atom is 0.303 e. The van der Waals surface area contributed by atoms with Crippen LogP contribution in [0.3, 0.4) is 0 Å². The number of nitrogens with zero attached hydrogens (tertiary/aromatic N) is 4. The Hall–Kier alpha value is -3.32. The number of carbonyl (C=O) groups excluding carboxylic acids is 1. The van der Waals surface area contributed by atoms with E-state index >= 15 is 0 Å². The van der Waals surface area contributed by atoms with Crippen molar-refractivity contribution in [3.8, 4) is 0 Å². The minimum atomic E-state index is -1.03. The van der Waals surface area contributed by atoms with Crippen LogP contribution in [-0.2, 0) is 32.7 Å². The Morgan fingerprint density at radius 1 is 1.14 bits per heavy atom. The van der Waals surface area contributed by atoms with E-state index in [1.165, 1.54) is 11.8 Å². The van der Waals surface area contributed by atoms with Crippen LogP contribution in [0.5, 0.6) is 0 Å². The Morgan fingerprint density at radius 2 is 1.94 bits per heavy atom. The lowest BCUT2D eigenvalue weighted by Crippen LogP contribution is -2.31. The van der Waals surface area contributed by atoms with E-state index in [1.807, 2.05) is 30.3 Å². The van der Waals surface area contributed by atoms with E-state index in [4.69, 9.17) is 14.6 Å². The monoisotopic (exact) mass is 513 g/mol. The van der Waals surface area contributed by atoms with Crippen molar-refractivity contribution in [1.82, 2.24) is 20.2 Å². The Morgan fingerprint density at radius 3 is 2.64 bits per heavy atom. The first-order valence-electron chi connectivity index (χ1n) is 11.4. The molecule has 1 fully saturated rings. The average Bonchev–Trinajstić information content (AvgIpc) is 3.30. The van der Waals surface area contributed by atoms with Gasteiger partial charge in [0.25, 0.3) is 0 Å². The van der Waals surface area contributed by atoms with Crippen LogP contribution < -0.4 is 5.32 Å². The maximum absolute atomic E-state index is 12.1. The summed E-state index contributed by atoms with van der Waals surface area (Å²) in [5.74, 6) is -0.805. The van der Waals surface area contributed by atoms with Crippen molar-refractivity contribution in [2.45, 2.75) is 49.5 Å². The molecule has 1 amide bonds. The van der Waals surface area contributed by atoms with Gasteiger partial charge in [0, 0.05) is 36.9 Å². The van der Waals surface area contributed by atoms with Crippen LogP contribution in [0.4, 0.5) is 5.69 Å². The van der Waals surface area contributed by atoms with Crippen molar-refractivity contribution in [2.75, 3.05) is 11.1 Å². The highest BCUT2D eigenvalue weighted by Gasteiger charge is 2.32. The van der Waals surface area contributed by atoms with Crippen molar-refractivity contribution in [3.05, 3.63) is 65.2 Å². The first-order chi connectivity index (χ1) is 17.4. The number of aliphatic hydroxyl groups excluding tert-OH is 1. The summed E-state index contributed by atoms with van der Waals surface area (Å²) in [6, 6.07) is 14.7. The van der Waals surface area contributed by atoms with Gasteiger partial charge in [0.2, 0.25) is 11.1 Å². The summed E-state index contributed by atoms with van der Waals surface area (Å²) >= 11 is 1.49. The van der Waals surface area contributed by atoms with Crippen LogP contribution in [0.15, 0.2) is 53.7 Å². The number of ether oxygens (including phenoxy) is 2. The Balaban J connectivity index is 1.51. The molecule has 3 aromatic rings. The van der Waals surface area contributed by atoms with Gasteiger partial charge in [-0.05, 0) is 33.7 Å². The van der Waals surface area contributed by atoms with Crippen molar-refractivity contribution < 1.29 is 29.3 Å². The molecule has 0 aliphatic carbocycles. The number of aliphatic hydroxyl groups is 1. The number of carboxylic acid groups (broad SMARTS) is 1. The molecule has 2 aromatic carbocycles. The van der Waals surface area contributed by atoms with Gasteiger partial charge in [-0.3, -0.25) is 9.59 Å².